The van der Waals surface area contributed by atoms with Crippen LogP contribution in [0.15, 0.2) is 29.1 Å². The van der Waals surface area contributed by atoms with Gasteiger partial charge < -0.3 is 14.7 Å². The van der Waals surface area contributed by atoms with Crippen LogP contribution in [0.1, 0.15) is 36.1 Å². The van der Waals surface area contributed by atoms with Crippen molar-refractivity contribution in [2.24, 2.45) is 0 Å². The molecule has 0 saturated carbocycles. The van der Waals surface area contributed by atoms with Crippen molar-refractivity contribution in [3.05, 3.63) is 56.5 Å². The topological polar surface area (TPSA) is 84.7 Å². The summed E-state index contributed by atoms with van der Waals surface area (Å²) >= 11 is 6.20. The maximum absolute atomic E-state index is 12.7. The van der Waals surface area contributed by atoms with Crippen molar-refractivity contribution >= 4 is 17.5 Å². The fourth-order valence-corrected chi connectivity index (χ4v) is 3.78. The van der Waals surface area contributed by atoms with Gasteiger partial charge in [0.15, 0.2) is 0 Å². The molecule has 30 heavy (non-hydrogen) atoms. The highest BCUT2D eigenvalue weighted by Gasteiger charge is 2.32. The third kappa shape index (κ3) is 5.40. The Kier molecular flexibility index (Phi) is 6.83. The largest absolute Gasteiger partial charge is 0.491 e. The maximum atomic E-state index is 12.7. The first-order valence-electron chi connectivity index (χ1n) is 10.1. The fraction of sp³-hybridized carbons (Fsp3) is 0.500. The summed E-state index contributed by atoms with van der Waals surface area (Å²) < 4.78 is 7.06. The molecule has 2 heterocycles. The zero-order valence-corrected chi connectivity index (χ0v) is 18.4. The Morgan fingerprint density at radius 1 is 1.20 bits per heavy atom. The van der Waals surface area contributed by atoms with Gasteiger partial charge in [-0.05, 0) is 69.4 Å². The average Bonchev–Trinajstić information content (AvgIpc) is 2.89. The summed E-state index contributed by atoms with van der Waals surface area (Å²) in [5.41, 5.74) is 1.21. The monoisotopic (exact) mass is 433 g/mol. The van der Waals surface area contributed by atoms with E-state index in [0.29, 0.717) is 48.8 Å². The van der Waals surface area contributed by atoms with Crippen LogP contribution in [0.2, 0.25) is 5.02 Å². The van der Waals surface area contributed by atoms with Crippen LogP contribution in [0, 0.1) is 20.8 Å². The molecule has 2 aromatic rings. The molecule has 0 radical (unpaired) electrons. The average molecular weight is 434 g/mol. The lowest BCUT2D eigenvalue weighted by Crippen LogP contribution is -2.40. The van der Waals surface area contributed by atoms with Crippen LogP contribution in [0.5, 0.6) is 5.75 Å². The van der Waals surface area contributed by atoms with E-state index in [1.165, 1.54) is 10.7 Å². The number of aromatic nitrogens is 2. The van der Waals surface area contributed by atoms with Crippen LogP contribution in [0.3, 0.4) is 0 Å². The van der Waals surface area contributed by atoms with Gasteiger partial charge >= 0.3 is 0 Å². The van der Waals surface area contributed by atoms with Gasteiger partial charge in [-0.15, -0.1) is 0 Å². The number of likely N-dealkylation sites (tertiary alicyclic amines) is 1. The molecule has 0 aliphatic carbocycles. The molecule has 0 spiro atoms. The number of amides is 1. The van der Waals surface area contributed by atoms with E-state index < -0.39 is 5.60 Å². The van der Waals surface area contributed by atoms with Gasteiger partial charge in [-0.2, -0.15) is 5.10 Å². The molecule has 8 heteroatoms. The van der Waals surface area contributed by atoms with Crippen molar-refractivity contribution in [1.29, 1.82) is 0 Å². The summed E-state index contributed by atoms with van der Waals surface area (Å²) in [4.78, 5) is 26.3. The van der Waals surface area contributed by atoms with Gasteiger partial charge in [0.25, 0.3) is 5.56 Å². The first-order valence-corrected chi connectivity index (χ1v) is 10.5. The molecule has 1 atom stereocenters. The van der Waals surface area contributed by atoms with Crippen LogP contribution in [0.25, 0.3) is 0 Å². The van der Waals surface area contributed by atoms with E-state index in [4.69, 9.17) is 16.3 Å². The Labute approximate surface area is 181 Å². The third-order valence-electron chi connectivity index (χ3n) is 5.47. The van der Waals surface area contributed by atoms with Crippen molar-refractivity contribution in [3.63, 3.8) is 0 Å². The standard InChI is InChI=1S/C22H28ClN3O4/c1-15-11-18(12-16(2)21(15)23)30-14-22(29)7-4-9-25(10-8-22)20(28)13-26-19(27)6-5-17(3)24-26/h5-6,11-12,29H,4,7-10,13-14H2,1-3H3. The lowest BCUT2D eigenvalue weighted by molar-refractivity contribution is -0.132. The molecule has 1 aromatic carbocycles. The van der Waals surface area contributed by atoms with Crippen LogP contribution in [-0.4, -0.2) is 51.0 Å². The molecule has 1 unspecified atom stereocenters. The lowest BCUT2D eigenvalue weighted by Gasteiger charge is -2.27. The molecule has 1 N–H and O–H groups in total. The number of hydrogen-bond acceptors (Lipinski definition) is 5. The molecule has 1 aliphatic rings. The number of hydrogen-bond donors (Lipinski definition) is 1. The van der Waals surface area contributed by atoms with Crippen LogP contribution in [-0.2, 0) is 11.3 Å². The molecule has 3 rings (SSSR count). The highest BCUT2D eigenvalue weighted by atomic mass is 35.5. The number of halogens is 1. The molecule has 1 fully saturated rings. The van der Waals surface area contributed by atoms with E-state index >= 15 is 0 Å². The van der Waals surface area contributed by atoms with Gasteiger partial charge in [0.05, 0.1) is 5.69 Å². The molecule has 0 bridgehead atoms. The summed E-state index contributed by atoms with van der Waals surface area (Å²) in [6.07, 6.45) is 1.59. The molecule has 162 valence electrons. The van der Waals surface area contributed by atoms with Crippen molar-refractivity contribution in [2.45, 2.75) is 52.2 Å². The van der Waals surface area contributed by atoms with Gasteiger partial charge in [-0.3, -0.25) is 9.59 Å². The van der Waals surface area contributed by atoms with Crippen molar-refractivity contribution in [2.75, 3.05) is 19.7 Å². The van der Waals surface area contributed by atoms with Gasteiger partial charge in [0.1, 0.15) is 24.5 Å². The SMILES string of the molecule is Cc1ccc(=O)n(CC(=O)N2CCCC(O)(COc3cc(C)c(Cl)c(C)c3)CC2)n1. The highest BCUT2D eigenvalue weighted by Crippen LogP contribution is 2.28. The number of benzene rings is 1. The smallest absolute Gasteiger partial charge is 0.267 e. The molecule has 1 aromatic heterocycles. The van der Waals surface area contributed by atoms with Gasteiger partial charge in [0, 0.05) is 24.2 Å². The Hall–Kier alpha value is -2.38. The van der Waals surface area contributed by atoms with Crippen molar-refractivity contribution < 1.29 is 14.6 Å². The fourth-order valence-electron chi connectivity index (χ4n) is 3.67. The molecule has 1 aliphatic heterocycles. The quantitative estimate of drug-likeness (QED) is 0.783. The second-order valence-electron chi connectivity index (χ2n) is 8.09. The number of rotatable bonds is 5. The van der Waals surface area contributed by atoms with E-state index in [9.17, 15) is 14.7 Å². The zero-order valence-electron chi connectivity index (χ0n) is 17.7. The van der Waals surface area contributed by atoms with Crippen LogP contribution >= 0.6 is 11.6 Å². The zero-order chi connectivity index (χ0) is 21.9. The number of aryl methyl sites for hydroxylation is 3. The van der Waals surface area contributed by atoms with Crippen LogP contribution in [0.4, 0.5) is 0 Å². The predicted molar refractivity (Wildman–Crippen MR) is 115 cm³/mol. The summed E-state index contributed by atoms with van der Waals surface area (Å²) in [5, 5.41) is 15.9. The Morgan fingerprint density at radius 3 is 2.60 bits per heavy atom. The van der Waals surface area contributed by atoms with E-state index in [1.807, 2.05) is 26.0 Å². The minimum absolute atomic E-state index is 0.0984. The minimum atomic E-state index is -1.02. The first-order chi connectivity index (χ1) is 14.2. The summed E-state index contributed by atoms with van der Waals surface area (Å²) in [6.45, 7) is 6.59. The maximum Gasteiger partial charge on any atom is 0.267 e. The molecular formula is C22H28ClN3O4. The number of carbonyl (C=O) groups excluding carboxylic acids is 1. The molecule has 1 saturated heterocycles. The number of aliphatic hydroxyl groups is 1. The third-order valence-corrected chi connectivity index (χ3v) is 6.07. The summed E-state index contributed by atoms with van der Waals surface area (Å²) in [6, 6.07) is 6.75. The van der Waals surface area contributed by atoms with Crippen molar-refractivity contribution in [1.82, 2.24) is 14.7 Å². The van der Waals surface area contributed by atoms with Gasteiger partial charge in [-0.1, -0.05) is 11.6 Å². The summed E-state index contributed by atoms with van der Waals surface area (Å²) in [7, 11) is 0. The van der Waals surface area contributed by atoms with Gasteiger partial charge in [0.2, 0.25) is 5.91 Å². The number of ether oxygens (including phenoxy) is 1. The Morgan fingerprint density at radius 2 is 1.90 bits per heavy atom. The normalized spacial score (nSPS) is 19.4. The molecular weight excluding hydrogens is 406 g/mol. The Bertz CT molecular complexity index is 968. The second kappa shape index (κ2) is 9.18. The first kappa shape index (κ1) is 22.3. The van der Waals surface area contributed by atoms with E-state index in [0.717, 1.165) is 11.1 Å². The number of carbonyl (C=O) groups is 1. The predicted octanol–water partition coefficient (Wildman–Crippen LogP) is 2.64. The number of nitrogens with zero attached hydrogens (tertiary/aromatic N) is 3. The molecule has 1 amide bonds. The highest BCUT2D eigenvalue weighted by molar-refractivity contribution is 6.32. The van der Waals surface area contributed by atoms with Crippen LogP contribution < -0.4 is 10.3 Å². The van der Waals surface area contributed by atoms with E-state index in [2.05, 4.69) is 5.10 Å². The minimum Gasteiger partial charge on any atom is -0.491 e. The van der Waals surface area contributed by atoms with E-state index in [1.54, 1.807) is 17.9 Å². The lowest BCUT2D eigenvalue weighted by atomic mass is 9.96. The van der Waals surface area contributed by atoms with E-state index in [-0.39, 0.29) is 24.6 Å². The second-order valence-corrected chi connectivity index (χ2v) is 8.47. The van der Waals surface area contributed by atoms with Crippen molar-refractivity contribution in [3.8, 4) is 5.75 Å². The van der Waals surface area contributed by atoms with Gasteiger partial charge in [-0.25, -0.2) is 4.68 Å². The summed E-state index contributed by atoms with van der Waals surface area (Å²) in [5.74, 6) is 0.495. The molecule has 7 nitrogen and oxygen atoms in total. The Balaban J connectivity index is 1.60.